The van der Waals surface area contributed by atoms with Crippen molar-refractivity contribution in [2.45, 2.75) is 26.7 Å². The molecule has 0 spiro atoms. The van der Waals surface area contributed by atoms with Crippen LogP contribution in [0.25, 0.3) is 0 Å². The van der Waals surface area contributed by atoms with Crippen molar-refractivity contribution in [2.24, 2.45) is 0 Å². The molecule has 0 aromatic heterocycles. The minimum Gasteiger partial charge on any atom is -0.493 e. The van der Waals surface area contributed by atoms with Crippen LogP contribution in [0, 0.1) is 0 Å². The van der Waals surface area contributed by atoms with Gasteiger partial charge in [0.2, 0.25) is 0 Å². The van der Waals surface area contributed by atoms with Gasteiger partial charge >= 0.3 is 5.97 Å². The molecule has 0 radical (unpaired) electrons. The third-order valence-electron chi connectivity index (χ3n) is 3.70. The normalized spacial score (nSPS) is 10.4. The zero-order chi connectivity index (χ0) is 18.4. The van der Waals surface area contributed by atoms with E-state index in [1.165, 1.54) is 31.7 Å². The van der Waals surface area contributed by atoms with E-state index in [-0.39, 0.29) is 18.1 Å². The van der Waals surface area contributed by atoms with E-state index >= 15 is 0 Å². The van der Waals surface area contributed by atoms with Crippen molar-refractivity contribution in [2.75, 3.05) is 13.7 Å². The molecule has 0 bridgehead atoms. The van der Waals surface area contributed by atoms with Gasteiger partial charge in [-0.15, -0.1) is 0 Å². The highest BCUT2D eigenvalue weighted by atomic mass is 16.6. The maximum atomic E-state index is 12.0. The lowest BCUT2D eigenvalue weighted by Crippen LogP contribution is -2.18. The number of Topliss-reactive ketones (excluding diaryl/α,β-unsaturated/α-hetero) is 1. The molecule has 5 heteroatoms. The van der Waals surface area contributed by atoms with Crippen molar-refractivity contribution >= 4 is 11.8 Å². The fourth-order valence-corrected chi connectivity index (χ4v) is 2.21. The SMILES string of the molecule is COc1cc(C(C)=O)ccc1OC(=O)COc1ccc(C(C)C)cc1. The fraction of sp³-hybridized carbons (Fsp3) is 0.300. The molecule has 25 heavy (non-hydrogen) atoms. The molecule has 0 heterocycles. The molecule has 0 aliphatic rings. The van der Waals surface area contributed by atoms with Crippen molar-refractivity contribution in [1.29, 1.82) is 0 Å². The minimum atomic E-state index is -0.554. The molecule has 0 aliphatic heterocycles. The summed E-state index contributed by atoms with van der Waals surface area (Å²) in [6.07, 6.45) is 0. The van der Waals surface area contributed by atoms with E-state index in [2.05, 4.69) is 13.8 Å². The van der Waals surface area contributed by atoms with E-state index in [0.29, 0.717) is 23.0 Å². The predicted molar refractivity (Wildman–Crippen MR) is 94.7 cm³/mol. The van der Waals surface area contributed by atoms with Crippen LogP contribution in [0.4, 0.5) is 0 Å². The van der Waals surface area contributed by atoms with E-state index in [1.807, 2.05) is 24.3 Å². The molecule has 0 fully saturated rings. The lowest BCUT2D eigenvalue weighted by molar-refractivity contribution is -0.136. The van der Waals surface area contributed by atoms with Crippen LogP contribution in [0.5, 0.6) is 17.2 Å². The molecule has 2 rings (SSSR count). The minimum absolute atomic E-state index is 0.0932. The van der Waals surface area contributed by atoms with Gasteiger partial charge in [0.15, 0.2) is 23.9 Å². The van der Waals surface area contributed by atoms with Crippen LogP contribution in [0.2, 0.25) is 0 Å². The van der Waals surface area contributed by atoms with E-state index in [1.54, 1.807) is 6.07 Å². The monoisotopic (exact) mass is 342 g/mol. The quantitative estimate of drug-likeness (QED) is 0.432. The van der Waals surface area contributed by atoms with Crippen molar-refractivity contribution in [1.82, 2.24) is 0 Å². The van der Waals surface area contributed by atoms with E-state index in [9.17, 15) is 9.59 Å². The Morgan fingerprint density at radius 1 is 1.00 bits per heavy atom. The molecule has 0 amide bonds. The zero-order valence-corrected chi connectivity index (χ0v) is 14.9. The molecule has 5 nitrogen and oxygen atoms in total. The molecule has 0 aliphatic carbocycles. The van der Waals surface area contributed by atoms with Crippen molar-refractivity contribution in [3.8, 4) is 17.2 Å². The number of esters is 1. The van der Waals surface area contributed by atoms with Gasteiger partial charge in [-0.25, -0.2) is 4.79 Å². The first kappa shape index (κ1) is 18.5. The maximum absolute atomic E-state index is 12.0. The van der Waals surface area contributed by atoms with Crippen LogP contribution >= 0.6 is 0 Å². The molecule has 0 saturated carbocycles. The Bertz CT molecular complexity index is 747. The Hall–Kier alpha value is -2.82. The zero-order valence-electron chi connectivity index (χ0n) is 14.9. The lowest BCUT2D eigenvalue weighted by Gasteiger charge is -2.11. The van der Waals surface area contributed by atoms with Gasteiger partial charge in [-0.1, -0.05) is 26.0 Å². The third-order valence-corrected chi connectivity index (χ3v) is 3.70. The summed E-state index contributed by atoms with van der Waals surface area (Å²) in [6, 6.07) is 12.2. The third kappa shape index (κ3) is 5.08. The van der Waals surface area contributed by atoms with Gasteiger partial charge < -0.3 is 14.2 Å². The van der Waals surface area contributed by atoms with Gasteiger partial charge in [0.05, 0.1) is 7.11 Å². The Labute approximate surface area is 147 Å². The summed E-state index contributed by atoms with van der Waals surface area (Å²) in [5, 5.41) is 0. The molecule has 0 atom stereocenters. The Balaban J connectivity index is 1.97. The van der Waals surface area contributed by atoms with Crippen LogP contribution in [0.1, 0.15) is 42.6 Å². The summed E-state index contributed by atoms with van der Waals surface area (Å²) < 4.78 is 15.9. The highest BCUT2D eigenvalue weighted by molar-refractivity contribution is 5.94. The molecule has 2 aromatic rings. The average Bonchev–Trinajstić information content (AvgIpc) is 2.60. The number of hydrogen-bond acceptors (Lipinski definition) is 5. The molecule has 0 unspecified atom stereocenters. The predicted octanol–water partition coefficient (Wildman–Crippen LogP) is 4.01. The number of rotatable bonds is 7. The second kappa shape index (κ2) is 8.33. The second-order valence-corrected chi connectivity index (χ2v) is 5.91. The molecular weight excluding hydrogens is 320 g/mol. The fourth-order valence-electron chi connectivity index (χ4n) is 2.21. The summed E-state index contributed by atoms with van der Waals surface area (Å²) in [5.74, 6) is 0.953. The molecule has 2 aromatic carbocycles. The summed E-state index contributed by atoms with van der Waals surface area (Å²) in [5.41, 5.74) is 1.68. The number of ketones is 1. The Morgan fingerprint density at radius 3 is 2.24 bits per heavy atom. The van der Waals surface area contributed by atoms with Gasteiger partial charge in [-0.2, -0.15) is 0 Å². The van der Waals surface area contributed by atoms with Crippen LogP contribution in [0.15, 0.2) is 42.5 Å². The Morgan fingerprint density at radius 2 is 1.68 bits per heavy atom. The van der Waals surface area contributed by atoms with Gasteiger partial charge in [0.1, 0.15) is 5.75 Å². The van der Waals surface area contributed by atoms with Gasteiger partial charge in [-0.05, 0) is 48.7 Å². The van der Waals surface area contributed by atoms with E-state index in [0.717, 1.165) is 0 Å². The average molecular weight is 342 g/mol. The smallest absolute Gasteiger partial charge is 0.349 e. The number of ether oxygens (including phenoxy) is 3. The maximum Gasteiger partial charge on any atom is 0.349 e. The summed E-state index contributed by atoms with van der Waals surface area (Å²) in [4.78, 5) is 23.4. The number of hydrogen-bond donors (Lipinski definition) is 0. The van der Waals surface area contributed by atoms with Crippen LogP contribution in [0.3, 0.4) is 0 Å². The Kier molecular flexibility index (Phi) is 6.17. The molecule has 0 saturated heterocycles. The highest BCUT2D eigenvalue weighted by Gasteiger charge is 2.13. The van der Waals surface area contributed by atoms with E-state index in [4.69, 9.17) is 14.2 Å². The summed E-state index contributed by atoms with van der Waals surface area (Å²) in [6.45, 7) is 5.45. The largest absolute Gasteiger partial charge is 0.493 e. The highest BCUT2D eigenvalue weighted by Crippen LogP contribution is 2.28. The topological polar surface area (TPSA) is 61.8 Å². The number of benzene rings is 2. The number of carbonyl (C=O) groups is 2. The first-order valence-corrected chi connectivity index (χ1v) is 8.03. The van der Waals surface area contributed by atoms with Crippen LogP contribution in [-0.4, -0.2) is 25.5 Å². The van der Waals surface area contributed by atoms with Gasteiger partial charge in [0.25, 0.3) is 0 Å². The van der Waals surface area contributed by atoms with Crippen LogP contribution < -0.4 is 14.2 Å². The molecule has 132 valence electrons. The van der Waals surface area contributed by atoms with Crippen molar-refractivity contribution < 1.29 is 23.8 Å². The standard InChI is InChI=1S/C20H22O5/c1-13(2)15-5-8-17(9-6-15)24-12-20(22)25-18-10-7-16(14(3)21)11-19(18)23-4/h5-11,13H,12H2,1-4H3. The number of carbonyl (C=O) groups excluding carboxylic acids is 2. The van der Waals surface area contributed by atoms with Crippen LogP contribution in [-0.2, 0) is 4.79 Å². The van der Waals surface area contributed by atoms with Gasteiger partial charge in [0, 0.05) is 5.56 Å². The summed E-state index contributed by atoms with van der Waals surface area (Å²) >= 11 is 0. The van der Waals surface area contributed by atoms with Gasteiger partial charge in [-0.3, -0.25) is 4.79 Å². The van der Waals surface area contributed by atoms with E-state index < -0.39 is 5.97 Å². The molecule has 0 N–H and O–H groups in total. The number of methoxy groups -OCH3 is 1. The molecular formula is C20H22O5. The van der Waals surface area contributed by atoms with Crippen molar-refractivity contribution in [3.63, 3.8) is 0 Å². The lowest BCUT2D eigenvalue weighted by atomic mass is 10.0. The first-order valence-electron chi connectivity index (χ1n) is 8.03. The first-order chi connectivity index (χ1) is 11.9. The van der Waals surface area contributed by atoms with Crippen molar-refractivity contribution in [3.05, 3.63) is 53.6 Å². The second-order valence-electron chi connectivity index (χ2n) is 5.91. The summed E-state index contributed by atoms with van der Waals surface area (Å²) in [7, 11) is 1.45.